The van der Waals surface area contributed by atoms with Gasteiger partial charge in [-0.25, -0.2) is 0 Å². The van der Waals surface area contributed by atoms with E-state index in [0.717, 1.165) is 23.5 Å². The first-order chi connectivity index (χ1) is 11.9. The van der Waals surface area contributed by atoms with Crippen molar-refractivity contribution >= 4 is 5.91 Å². The summed E-state index contributed by atoms with van der Waals surface area (Å²) in [5, 5.41) is 3.05. The van der Waals surface area contributed by atoms with E-state index in [0.29, 0.717) is 6.42 Å². The second-order valence-corrected chi connectivity index (χ2v) is 6.33. The molecule has 0 spiro atoms. The van der Waals surface area contributed by atoms with E-state index in [1.54, 1.807) is 14.2 Å². The number of rotatable bonds is 7. The quantitative estimate of drug-likeness (QED) is 0.824. The van der Waals surface area contributed by atoms with Crippen LogP contribution >= 0.6 is 0 Å². The molecule has 1 unspecified atom stereocenters. The molecule has 0 aromatic heterocycles. The normalized spacial score (nSPS) is 11.7. The Morgan fingerprint density at radius 3 is 2.48 bits per heavy atom. The number of carbonyl (C=O) groups excluding carboxylic acids is 1. The van der Waals surface area contributed by atoms with Gasteiger partial charge in [0.05, 0.1) is 20.3 Å². The lowest BCUT2D eigenvalue weighted by Crippen LogP contribution is -2.27. The van der Waals surface area contributed by atoms with Gasteiger partial charge in [-0.15, -0.1) is 0 Å². The predicted molar refractivity (Wildman–Crippen MR) is 100 cm³/mol. The van der Waals surface area contributed by atoms with Crippen molar-refractivity contribution in [3.8, 4) is 11.5 Å². The van der Waals surface area contributed by atoms with E-state index >= 15 is 0 Å². The van der Waals surface area contributed by atoms with Crippen LogP contribution in [0.2, 0.25) is 0 Å². The van der Waals surface area contributed by atoms with Crippen LogP contribution in [0.1, 0.15) is 41.6 Å². The van der Waals surface area contributed by atoms with Gasteiger partial charge >= 0.3 is 0 Å². The van der Waals surface area contributed by atoms with Gasteiger partial charge in [-0.1, -0.05) is 23.8 Å². The summed E-state index contributed by atoms with van der Waals surface area (Å²) in [4.78, 5) is 12.3. The Morgan fingerprint density at radius 2 is 1.84 bits per heavy atom. The molecule has 1 amide bonds. The van der Waals surface area contributed by atoms with Crippen molar-refractivity contribution < 1.29 is 14.3 Å². The maximum Gasteiger partial charge on any atom is 0.220 e. The Hall–Kier alpha value is -2.49. The van der Waals surface area contributed by atoms with E-state index in [1.807, 2.05) is 25.1 Å². The molecule has 25 heavy (non-hydrogen) atoms. The predicted octanol–water partition coefficient (Wildman–Crippen LogP) is 4.13. The number of ether oxygens (including phenoxy) is 2. The molecule has 0 aliphatic carbocycles. The highest BCUT2D eigenvalue weighted by molar-refractivity contribution is 5.77. The molecule has 0 aliphatic heterocycles. The van der Waals surface area contributed by atoms with Gasteiger partial charge in [0.2, 0.25) is 5.91 Å². The number of methoxy groups -OCH3 is 2. The highest BCUT2D eigenvalue weighted by atomic mass is 16.5. The van der Waals surface area contributed by atoms with Gasteiger partial charge < -0.3 is 14.8 Å². The number of hydrogen-bond acceptors (Lipinski definition) is 3. The highest BCUT2D eigenvalue weighted by Crippen LogP contribution is 2.29. The molecule has 0 saturated heterocycles. The second kappa shape index (κ2) is 8.56. The summed E-state index contributed by atoms with van der Waals surface area (Å²) < 4.78 is 10.7. The largest absolute Gasteiger partial charge is 0.497 e. The molecular formula is C21H27NO3. The molecule has 4 heteroatoms. The molecule has 0 saturated carbocycles. The molecule has 0 heterocycles. The Balaban J connectivity index is 2.00. The van der Waals surface area contributed by atoms with Crippen molar-refractivity contribution in [2.45, 2.75) is 39.7 Å². The zero-order valence-electron chi connectivity index (χ0n) is 15.7. The van der Waals surface area contributed by atoms with Gasteiger partial charge in [0.25, 0.3) is 0 Å². The molecular weight excluding hydrogens is 314 g/mol. The Kier molecular flexibility index (Phi) is 6.45. The average molecular weight is 341 g/mol. The lowest BCUT2D eigenvalue weighted by molar-refractivity contribution is -0.121. The molecule has 134 valence electrons. The van der Waals surface area contributed by atoms with Crippen molar-refractivity contribution in [2.24, 2.45) is 0 Å². The molecule has 1 atom stereocenters. The second-order valence-electron chi connectivity index (χ2n) is 6.33. The summed E-state index contributed by atoms with van der Waals surface area (Å²) >= 11 is 0. The van der Waals surface area contributed by atoms with Crippen LogP contribution in [0, 0.1) is 13.8 Å². The lowest BCUT2D eigenvalue weighted by Gasteiger charge is -2.18. The molecule has 2 aromatic rings. The van der Waals surface area contributed by atoms with Crippen molar-refractivity contribution in [1.82, 2.24) is 5.32 Å². The number of benzene rings is 2. The number of amides is 1. The van der Waals surface area contributed by atoms with Crippen molar-refractivity contribution in [2.75, 3.05) is 14.2 Å². The molecule has 2 rings (SSSR count). The minimum Gasteiger partial charge on any atom is -0.497 e. The van der Waals surface area contributed by atoms with Crippen molar-refractivity contribution in [3.05, 3.63) is 58.7 Å². The lowest BCUT2D eigenvalue weighted by atomic mass is 10.0. The Bertz CT molecular complexity index is 740. The van der Waals surface area contributed by atoms with E-state index in [9.17, 15) is 4.79 Å². The van der Waals surface area contributed by atoms with E-state index in [2.05, 4.69) is 37.4 Å². The van der Waals surface area contributed by atoms with Gasteiger partial charge in [-0.05, 0) is 56.5 Å². The molecule has 0 aliphatic rings. The van der Waals surface area contributed by atoms with Crippen molar-refractivity contribution in [1.29, 1.82) is 0 Å². The van der Waals surface area contributed by atoms with Crippen LogP contribution in [-0.4, -0.2) is 20.1 Å². The zero-order valence-corrected chi connectivity index (χ0v) is 15.7. The van der Waals surface area contributed by atoms with Crippen LogP contribution in [0.15, 0.2) is 36.4 Å². The molecule has 0 radical (unpaired) electrons. The number of carbonyl (C=O) groups is 1. The highest BCUT2D eigenvalue weighted by Gasteiger charge is 2.15. The summed E-state index contributed by atoms with van der Waals surface area (Å²) in [5.74, 6) is 1.51. The van der Waals surface area contributed by atoms with E-state index < -0.39 is 0 Å². The Morgan fingerprint density at radius 1 is 1.08 bits per heavy atom. The SMILES string of the molecule is COc1ccc(OC)c(C(C)NC(=O)CCc2ccc(C)cc2C)c1. The summed E-state index contributed by atoms with van der Waals surface area (Å²) in [7, 11) is 3.25. The van der Waals surface area contributed by atoms with Crippen LogP contribution in [0.4, 0.5) is 0 Å². The fraction of sp³-hybridized carbons (Fsp3) is 0.381. The van der Waals surface area contributed by atoms with Crippen LogP contribution in [-0.2, 0) is 11.2 Å². The van der Waals surface area contributed by atoms with E-state index in [4.69, 9.17) is 9.47 Å². The summed E-state index contributed by atoms with van der Waals surface area (Å²) in [6, 6.07) is 11.8. The monoisotopic (exact) mass is 341 g/mol. The fourth-order valence-electron chi connectivity index (χ4n) is 2.94. The maximum absolute atomic E-state index is 12.3. The summed E-state index contributed by atoms with van der Waals surface area (Å²) in [6.07, 6.45) is 1.19. The first-order valence-electron chi connectivity index (χ1n) is 8.52. The summed E-state index contributed by atoms with van der Waals surface area (Å²) in [5.41, 5.74) is 4.59. The first-order valence-corrected chi connectivity index (χ1v) is 8.52. The van der Waals surface area contributed by atoms with Crippen molar-refractivity contribution in [3.63, 3.8) is 0 Å². The third-order valence-corrected chi connectivity index (χ3v) is 4.40. The number of aryl methyl sites for hydroxylation is 3. The maximum atomic E-state index is 12.3. The van der Waals surface area contributed by atoms with Gasteiger partial charge in [0.15, 0.2) is 0 Å². The van der Waals surface area contributed by atoms with Crippen LogP contribution in [0.25, 0.3) is 0 Å². The smallest absolute Gasteiger partial charge is 0.220 e. The third kappa shape index (κ3) is 4.99. The van der Waals surface area contributed by atoms with Gasteiger partial charge in [-0.2, -0.15) is 0 Å². The molecule has 0 fully saturated rings. The number of hydrogen-bond donors (Lipinski definition) is 1. The van der Waals surface area contributed by atoms with Crippen LogP contribution < -0.4 is 14.8 Å². The summed E-state index contributed by atoms with van der Waals surface area (Å²) in [6.45, 7) is 6.11. The minimum atomic E-state index is -0.156. The standard InChI is InChI=1S/C21H27NO3/c1-14-6-7-17(15(2)12-14)8-11-21(23)22-16(3)19-13-18(24-4)9-10-20(19)25-5/h6-7,9-10,12-13,16H,8,11H2,1-5H3,(H,22,23). The average Bonchev–Trinajstić information content (AvgIpc) is 2.60. The molecule has 1 N–H and O–H groups in total. The zero-order chi connectivity index (χ0) is 18.4. The first kappa shape index (κ1) is 18.8. The Labute approximate surface area is 150 Å². The number of nitrogens with one attached hydrogen (secondary N) is 1. The molecule has 2 aromatic carbocycles. The van der Waals surface area contributed by atoms with Crippen LogP contribution in [0.3, 0.4) is 0 Å². The van der Waals surface area contributed by atoms with Crippen LogP contribution in [0.5, 0.6) is 11.5 Å². The van der Waals surface area contributed by atoms with Gasteiger partial charge in [0.1, 0.15) is 11.5 Å². The third-order valence-electron chi connectivity index (χ3n) is 4.40. The topological polar surface area (TPSA) is 47.6 Å². The van der Waals surface area contributed by atoms with E-state index in [-0.39, 0.29) is 11.9 Å². The molecule has 0 bridgehead atoms. The minimum absolute atomic E-state index is 0.0253. The fourth-order valence-corrected chi connectivity index (χ4v) is 2.94. The van der Waals surface area contributed by atoms with Gasteiger partial charge in [-0.3, -0.25) is 4.79 Å². The van der Waals surface area contributed by atoms with Gasteiger partial charge in [0, 0.05) is 12.0 Å². The van der Waals surface area contributed by atoms with E-state index in [1.165, 1.54) is 16.7 Å². The molecule has 4 nitrogen and oxygen atoms in total.